The third-order valence-electron chi connectivity index (χ3n) is 4.72. The molecule has 160 valence electrons. The Hall–Kier alpha value is -1.81. The number of guanidine groups is 1. The highest BCUT2D eigenvalue weighted by molar-refractivity contribution is 14.0. The molecule has 3 rings (SSSR count). The number of benzene rings is 1. The Morgan fingerprint density at radius 2 is 2.21 bits per heavy atom. The molecule has 29 heavy (non-hydrogen) atoms. The van der Waals surface area contributed by atoms with E-state index in [1.165, 1.54) is 0 Å². The third kappa shape index (κ3) is 6.60. The van der Waals surface area contributed by atoms with Crippen molar-refractivity contribution in [1.82, 2.24) is 20.0 Å². The largest absolute Gasteiger partial charge is 0.489 e. The van der Waals surface area contributed by atoms with E-state index in [9.17, 15) is 0 Å². The minimum Gasteiger partial charge on any atom is -0.489 e. The van der Waals surface area contributed by atoms with E-state index in [2.05, 4.69) is 42.2 Å². The number of aryl methyl sites for hydroxylation is 2. The summed E-state index contributed by atoms with van der Waals surface area (Å²) in [6.07, 6.45) is 3.88. The second-order valence-corrected chi connectivity index (χ2v) is 7.14. The lowest BCUT2D eigenvalue weighted by Crippen LogP contribution is -2.48. The maximum atomic E-state index is 6.07. The standard InChI is InChI=1S/C21H31N5O2.HI/c1-5-22-21(23-12-17(3)28-19-9-7-6-8-16(19)2)26-10-11-27-20(15-26)18-13-24-25(4)14-18;/h6-9,13-14,17,20H,5,10-12,15H2,1-4H3,(H,22,23);1H. The Morgan fingerprint density at radius 3 is 2.90 bits per heavy atom. The van der Waals surface area contributed by atoms with Crippen LogP contribution in [0.3, 0.4) is 0 Å². The zero-order valence-electron chi connectivity index (χ0n) is 17.7. The number of rotatable bonds is 6. The Labute approximate surface area is 190 Å². The maximum absolute atomic E-state index is 6.07. The third-order valence-corrected chi connectivity index (χ3v) is 4.72. The summed E-state index contributed by atoms with van der Waals surface area (Å²) in [4.78, 5) is 7.08. The zero-order chi connectivity index (χ0) is 19.9. The van der Waals surface area contributed by atoms with Gasteiger partial charge in [0.15, 0.2) is 5.96 Å². The van der Waals surface area contributed by atoms with Gasteiger partial charge in [0.05, 0.1) is 25.9 Å². The SMILES string of the molecule is CCNC(=NCC(C)Oc1ccccc1C)N1CCOC(c2cnn(C)c2)C1.I. The van der Waals surface area contributed by atoms with Crippen molar-refractivity contribution in [2.24, 2.45) is 12.0 Å². The number of aromatic nitrogens is 2. The highest BCUT2D eigenvalue weighted by Crippen LogP contribution is 2.22. The van der Waals surface area contributed by atoms with Gasteiger partial charge in [-0.3, -0.25) is 4.68 Å². The Bertz CT molecular complexity index is 795. The van der Waals surface area contributed by atoms with Gasteiger partial charge < -0.3 is 19.7 Å². The number of nitrogens with one attached hydrogen (secondary N) is 1. The number of para-hydroxylation sites is 1. The molecule has 0 bridgehead atoms. The minimum atomic E-state index is -0.00934. The molecule has 1 aliphatic heterocycles. The van der Waals surface area contributed by atoms with Crippen LogP contribution in [0.4, 0.5) is 0 Å². The molecule has 0 saturated carbocycles. The van der Waals surface area contributed by atoms with Crippen molar-refractivity contribution in [3.63, 3.8) is 0 Å². The van der Waals surface area contributed by atoms with Crippen LogP contribution in [0.5, 0.6) is 5.75 Å². The van der Waals surface area contributed by atoms with E-state index in [0.29, 0.717) is 13.2 Å². The summed E-state index contributed by atoms with van der Waals surface area (Å²) in [5.74, 6) is 1.82. The molecule has 7 nitrogen and oxygen atoms in total. The average Bonchev–Trinajstić information content (AvgIpc) is 3.13. The van der Waals surface area contributed by atoms with E-state index < -0.39 is 0 Å². The van der Waals surface area contributed by atoms with Crippen molar-refractivity contribution in [2.75, 3.05) is 32.8 Å². The Balaban J connectivity index is 0.00000300. The van der Waals surface area contributed by atoms with Gasteiger partial charge in [0.1, 0.15) is 18.0 Å². The molecule has 0 amide bonds. The van der Waals surface area contributed by atoms with Gasteiger partial charge in [-0.25, -0.2) is 4.99 Å². The quantitative estimate of drug-likeness (QED) is 0.366. The summed E-state index contributed by atoms with van der Waals surface area (Å²) in [6, 6.07) is 8.07. The molecule has 2 aromatic rings. The summed E-state index contributed by atoms with van der Waals surface area (Å²) in [5.41, 5.74) is 2.23. The van der Waals surface area contributed by atoms with E-state index in [1.54, 1.807) is 0 Å². The molecule has 1 aliphatic rings. The van der Waals surface area contributed by atoms with Gasteiger partial charge in [-0.1, -0.05) is 18.2 Å². The van der Waals surface area contributed by atoms with Crippen LogP contribution in [0, 0.1) is 6.92 Å². The van der Waals surface area contributed by atoms with Crippen molar-refractivity contribution in [2.45, 2.75) is 33.0 Å². The van der Waals surface area contributed by atoms with E-state index in [-0.39, 0.29) is 36.2 Å². The fourth-order valence-corrected chi connectivity index (χ4v) is 3.23. The van der Waals surface area contributed by atoms with Crippen molar-refractivity contribution in [3.05, 3.63) is 47.8 Å². The number of hydrogen-bond acceptors (Lipinski definition) is 4. The molecule has 1 fully saturated rings. The molecule has 1 saturated heterocycles. The molecule has 2 unspecified atom stereocenters. The molecule has 2 atom stereocenters. The predicted molar refractivity (Wildman–Crippen MR) is 126 cm³/mol. The van der Waals surface area contributed by atoms with Gasteiger partial charge in [-0.2, -0.15) is 5.10 Å². The molecular weight excluding hydrogens is 481 g/mol. The van der Waals surface area contributed by atoms with Crippen LogP contribution in [0.1, 0.15) is 31.1 Å². The first-order valence-electron chi connectivity index (χ1n) is 9.92. The van der Waals surface area contributed by atoms with Crippen LogP contribution in [0.2, 0.25) is 0 Å². The topological polar surface area (TPSA) is 63.9 Å². The van der Waals surface area contributed by atoms with Gasteiger partial charge in [-0.15, -0.1) is 24.0 Å². The summed E-state index contributed by atoms with van der Waals surface area (Å²) in [6.45, 7) is 9.84. The first kappa shape index (κ1) is 23.5. The Morgan fingerprint density at radius 1 is 1.41 bits per heavy atom. The lowest BCUT2D eigenvalue weighted by Gasteiger charge is -2.35. The predicted octanol–water partition coefficient (Wildman–Crippen LogP) is 3.15. The number of morpholine rings is 1. The summed E-state index contributed by atoms with van der Waals surface area (Å²) in [5, 5.41) is 7.66. The monoisotopic (exact) mass is 513 g/mol. The van der Waals surface area contributed by atoms with Crippen LogP contribution >= 0.6 is 24.0 Å². The number of hydrogen-bond donors (Lipinski definition) is 1. The minimum absolute atomic E-state index is 0. The molecule has 2 heterocycles. The fraction of sp³-hybridized carbons (Fsp3) is 0.524. The first-order valence-corrected chi connectivity index (χ1v) is 9.92. The lowest BCUT2D eigenvalue weighted by molar-refractivity contribution is -0.00808. The van der Waals surface area contributed by atoms with E-state index in [0.717, 1.165) is 42.5 Å². The van der Waals surface area contributed by atoms with Crippen molar-refractivity contribution < 1.29 is 9.47 Å². The normalized spacial score (nSPS) is 18.1. The highest BCUT2D eigenvalue weighted by Gasteiger charge is 2.25. The molecule has 1 aromatic heterocycles. The van der Waals surface area contributed by atoms with E-state index in [1.807, 2.05) is 42.3 Å². The van der Waals surface area contributed by atoms with Crippen molar-refractivity contribution in [3.8, 4) is 5.75 Å². The number of ether oxygens (including phenoxy) is 2. The number of nitrogens with zero attached hydrogens (tertiary/aromatic N) is 4. The maximum Gasteiger partial charge on any atom is 0.194 e. The second kappa shape index (κ2) is 11.4. The lowest BCUT2D eigenvalue weighted by atomic mass is 10.1. The summed E-state index contributed by atoms with van der Waals surface area (Å²) in [7, 11) is 1.92. The van der Waals surface area contributed by atoms with Crippen molar-refractivity contribution >= 4 is 29.9 Å². The molecular formula is C21H32IN5O2. The zero-order valence-corrected chi connectivity index (χ0v) is 20.0. The van der Waals surface area contributed by atoms with Crippen LogP contribution in [0.15, 0.2) is 41.7 Å². The summed E-state index contributed by atoms with van der Waals surface area (Å²) < 4.78 is 13.8. The van der Waals surface area contributed by atoms with Gasteiger partial charge in [0.2, 0.25) is 0 Å². The van der Waals surface area contributed by atoms with E-state index in [4.69, 9.17) is 14.5 Å². The smallest absolute Gasteiger partial charge is 0.194 e. The van der Waals surface area contributed by atoms with Gasteiger partial charge >= 0.3 is 0 Å². The van der Waals surface area contributed by atoms with Crippen LogP contribution in [-0.2, 0) is 11.8 Å². The molecule has 8 heteroatoms. The van der Waals surface area contributed by atoms with Gasteiger partial charge in [0.25, 0.3) is 0 Å². The summed E-state index contributed by atoms with van der Waals surface area (Å²) >= 11 is 0. The molecule has 1 aromatic carbocycles. The van der Waals surface area contributed by atoms with Crippen LogP contribution in [-0.4, -0.2) is 59.5 Å². The van der Waals surface area contributed by atoms with Gasteiger partial charge in [0, 0.05) is 31.9 Å². The van der Waals surface area contributed by atoms with Crippen LogP contribution in [0.25, 0.3) is 0 Å². The molecule has 1 N–H and O–H groups in total. The highest BCUT2D eigenvalue weighted by atomic mass is 127. The second-order valence-electron chi connectivity index (χ2n) is 7.14. The number of aliphatic imine (C=N–C) groups is 1. The number of halogens is 1. The van der Waals surface area contributed by atoms with Gasteiger partial charge in [-0.05, 0) is 32.4 Å². The molecule has 0 aliphatic carbocycles. The van der Waals surface area contributed by atoms with E-state index >= 15 is 0 Å². The Kier molecular flexibility index (Phi) is 9.22. The molecule has 0 spiro atoms. The fourth-order valence-electron chi connectivity index (χ4n) is 3.23. The first-order chi connectivity index (χ1) is 13.6. The average molecular weight is 513 g/mol. The van der Waals surface area contributed by atoms with Crippen LogP contribution < -0.4 is 10.1 Å². The van der Waals surface area contributed by atoms with Crippen molar-refractivity contribution in [1.29, 1.82) is 0 Å². The molecule has 0 radical (unpaired) electrons.